The van der Waals surface area contributed by atoms with Gasteiger partial charge in [-0.3, -0.25) is 0 Å². The summed E-state index contributed by atoms with van der Waals surface area (Å²) in [6, 6.07) is 3.75. The number of halogens is 1. The normalized spacial score (nSPS) is 23.3. The van der Waals surface area contributed by atoms with Crippen LogP contribution in [0.5, 0.6) is 0 Å². The van der Waals surface area contributed by atoms with E-state index >= 15 is 0 Å². The molecule has 1 heterocycles. The van der Waals surface area contributed by atoms with Gasteiger partial charge in [0.05, 0.1) is 23.4 Å². The van der Waals surface area contributed by atoms with Crippen LogP contribution in [0, 0.1) is 5.92 Å². The van der Waals surface area contributed by atoms with Gasteiger partial charge in [0, 0.05) is 7.05 Å². The number of ether oxygens (including phenoxy) is 1. The second kappa shape index (κ2) is 7.11. The molecule has 1 aromatic rings. The van der Waals surface area contributed by atoms with Crippen LogP contribution < -0.4 is 5.32 Å². The molecule has 1 saturated carbocycles. The molecular formula is C15H23ClN2O. The molecule has 0 radical (unpaired) electrons. The van der Waals surface area contributed by atoms with Crippen molar-refractivity contribution in [2.24, 2.45) is 5.92 Å². The zero-order valence-electron chi connectivity index (χ0n) is 11.8. The van der Waals surface area contributed by atoms with Gasteiger partial charge in [0.15, 0.2) is 0 Å². The molecule has 1 aliphatic rings. The van der Waals surface area contributed by atoms with Gasteiger partial charge in [-0.1, -0.05) is 37.8 Å². The largest absolute Gasteiger partial charge is 0.373 e. The zero-order valence-corrected chi connectivity index (χ0v) is 12.5. The van der Waals surface area contributed by atoms with Crippen molar-refractivity contribution < 1.29 is 4.74 Å². The number of hydrogen-bond donors (Lipinski definition) is 1. The fraction of sp³-hybridized carbons (Fsp3) is 0.667. The van der Waals surface area contributed by atoms with E-state index in [0.29, 0.717) is 23.7 Å². The molecule has 0 aliphatic heterocycles. The molecule has 0 amide bonds. The topological polar surface area (TPSA) is 34.1 Å². The second-order valence-electron chi connectivity index (χ2n) is 5.18. The molecule has 2 rings (SSSR count). The molecule has 3 nitrogen and oxygen atoms in total. The lowest BCUT2D eigenvalue weighted by Gasteiger charge is -2.30. The van der Waals surface area contributed by atoms with Crippen LogP contribution >= 0.6 is 11.6 Å². The van der Waals surface area contributed by atoms with Crippen molar-refractivity contribution in [3.05, 3.63) is 22.8 Å². The first-order valence-corrected chi connectivity index (χ1v) is 7.57. The van der Waals surface area contributed by atoms with E-state index in [1.165, 1.54) is 32.1 Å². The summed E-state index contributed by atoms with van der Waals surface area (Å²) in [6.07, 6.45) is 6.64. The summed E-state index contributed by atoms with van der Waals surface area (Å²) in [5.74, 6) is 1.53. The van der Waals surface area contributed by atoms with Gasteiger partial charge in [-0.05, 0) is 30.9 Å². The minimum Gasteiger partial charge on any atom is -0.373 e. The molecule has 1 aromatic heterocycles. The van der Waals surface area contributed by atoms with Gasteiger partial charge in [0.2, 0.25) is 0 Å². The molecule has 0 aromatic carbocycles. The van der Waals surface area contributed by atoms with Gasteiger partial charge < -0.3 is 10.1 Å². The third-order valence-electron chi connectivity index (χ3n) is 3.97. The van der Waals surface area contributed by atoms with Crippen LogP contribution in [0.15, 0.2) is 12.1 Å². The van der Waals surface area contributed by atoms with E-state index in [-0.39, 0.29) is 0 Å². The number of nitrogens with zero attached hydrogens (tertiary/aromatic N) is 1. The lowest BCUT2D eigenvalue weighted by Crippen LogP contribution is -2.27. The van der Waals surface area contributed by atoms with Gasteiger partial charge in [-0.25, -0.2) is 4.98 Å². The monoisotopic (exact) mass is 282 g/mol. The van der Waals surface area contributed by atoms with Crippen molar-refractivity contribution >= 4 is 17.4 Å². The first-order chi connectivity index (χ1) is 9.24. The van der Waals surface area contributed by atoms with E-state index in [1.807, 2.05) is 19.2 Å². The summed E-state index contributed by atoms with van der Waals surface area (Å²) in [5, 5.41) is 3.71. The third-order valence-corrected chi connectivity index (χ3v) is 4.32. The summed E-state index contributed by atoms with van der Waals surface area (Å²) < 4.78 is 6.08. The molecular weight excluding hydrogens is 260 g/mol. The Hall–Kier alpha value is -0.800. The smallest absolute Gasteiger partial charge is 0.126 e. The Morgan fingerprint density at radius 2 is 2.16 bits per heavy atom. The molecule has 1 aliphatic carbocycles. The molecule has 0 bridgehead atoms. The predicted octanol–water partition coefficient (Wildman–Crippen LogP) is 4.26. The van der Waals surface area contributed by atoms with Gasteiger partial charge in [-0.2, -0.15) is 0 Å². The van der Waals surface area contributed by atoms with Crippen LogP contribution in [0.2, 0.25) is 5.02 Å². The lowest BCUT2D eigenvalue weighted by molar-refractivity contribution is -0.0233. The quantitative estimate of drug-likeness (QED) is 0.876. The number of anilines is 1. The first-order valence-electron chi connectivity index (χ1n) is 7.19. The molecule has 19 heavy (non-hydrogen) atoms. The molecule has 4 heteroatoms. The Morgan fingerprint density at radius 1 is 1.37 bits per heavy atom. The van der Waals surface area contributed by atoms with Gasteiger partial charge in [-0.15, -0.1) is 0 Å². The number of nitrogens with one attached hydrogen (secondary N) is 1. The Kier molecular flexibility index (Phi) is 5.46. The zero-order chi connectivity index (χ0) is 13.7. The Labute approximate surface area is 120 Å². The first kappa shape index (κ1) is 14.6. The van der Waals surface area contributed by atoms with Crippen molar-refractivity contribution in [3.8, 4) is 0 Å². The van der Waals surface area contributed by atoms with Crippen molar-refractivity contribution in [1.82, 2.24) is 4.98 Å². The summed E-state index contributed by atoms with van der Waals surface area (Å²) in [7, 11) is 1.86. The molecule has 106 valence electrons. The maximum atomic E-state index is 6.17. The minimum atomic E-state index is 0.370. The molecule has 0 spiro atoms. The predicted molar refractivity (Wildman–Crippen MR) is 79.6 cm³/mol. The van der Waals surface area contributed by atoms with Crippen LogP contribution in [0.25, 0.3) is 0 Å². The van der Waals surface area contributed by atoms with E-state index in [4.69, 9.17) is 16.3 Å². The number of hydrogen-bond acceptors (Lipinski definition) is 3. The average Bonchev–Trinajstić information content (AvgIpc) is 2.46. The van der Waals surface area contributed by atoms with E-state index in [1.54, 1.807) is 0 Å². The number of pyridine rings is 1. The summed E-state index contributed by atoms with van der Waals surface area (Å²) >= 11 is 6.17. The minimum absolute atomic E-state index is 0.370. The van der Waals surface area contributed by atoms with Crippen LogP contribution in [0.4, 0.5) is 5.82 Å². The van der Waals surface area contributed by atoms with E-state index < -0.39 is 0 Å². The highest BCUT2D eigenvalue weighted by molar-refractivity contribution is 6.31. The molecule has 1 fully saturated rings. The van der Waals surface area contributed by atoms with E-state index in [9.17, 15) is 0 Å². The Morgan fingerprint density at radius 3 is 2.89 bits per heavy atom. The number of rotatable bonds is 5. The highest BCUT2D eigenvalue weighted by atomic mass is 35.5. The van der Waals surface area contributed by atoms with Crippen LogP contribution in [0.1, 0.15) is 44.7 Å². The van der Waals surface area contributed by atoms with Crippen LogP contribution in [0.3, 0.4) is 0 Å². The third kappa shape index (κ3) is 3.83. The SMILES string of the molecule is CCC1CCCCC1OCc1nc(NC)ccc1Cl. The molecule has 0 saturated heterocycles. The van der Waals surface area contributed by atoms with Gasteiger partial charge in [0.1, 0.15) is 5.82 Å². The molecule has 1 N–H and O–H groups in total. The highest BCUT2D eigenvalue weighted by Crippen LogP contribution is 2.30. The Balaban J connectivity index is 1.97. The average molecular weight is 283 g/mol. The van der Waals surface area contributed by atoms with Crippen molar-refractivity contribution in [1.29, 1.82) is 0 Å². The molecule has 2 atom stereocenters. The van der Waals surface area contributed by atoms with E-state index in [0.717, 1.165) is 11.5 Å². The van der Waals surface area contributed by atoms with Gasteiger partial charge in [0.25, 0.3) is 0 Å². The van der Waals surface area contributed by atoms with Crippen molar-refractivity contribution in [3.63, 3.8) is 0 Å². The summed E-state index contributed by atoms with van der Waals surface area (Å²) in [5.41, 5.74) is 0.828. The van der Waals surface area contributed by atoms with Crippen molar-refractivity contribution in [2.75, 3.05) is 12.4 Å². The summed E-state index contributed by atoms with van der Waals surface area (Å²) in [6.45, 7) is 2.76. The maximum Gasteiger partial charge on any atom is 0.126 e. The highest BCUT2D eigenvalue weighted by Gasteiger charge is 2.24. The maximum absolute atomic E-state index is 6.17. The molecule has 2 unspecified atom stereocenters. The fourth-order valence-corrected chi connectivity index (χ4v) is 2.93. The second-order valence-corrected chi connectivity index (χ2v) is 5.58. The van der Waals surface area contributed by atoms with Crippen LogP contribution in [-0.4, -0.2) is 18.1 Å². The van der Waals surface area contributed by atoms with E-state index in [2.05, 4.69) is 17.2 Å². The van der Waals surface area contributed by atoms with Crippen LogP contribution in [-0.2, 0) is 11.3 Å². The fourth-order valence-electron chi connectivity index (χ4n) is 2.77. The Bertz CT molecular complexity index is 411. The lowest BCUT2D eigenvalue weighted by atomic mass is 9.85. The van der Waals surface area contributed by atoms with Crippen molar-refractivity contribution in [2.45, 2.75) is 51.7 Å². The standard InChI is InChI=1S/C15H23ClN2O/c1-3-11-6-4-5-7-14(11)19-10-13-12(16)8-9-15(17-2)18-13/h8-9,11,14H,3-7,10H2,1-2H3,(H,17,18). The van der Waals surface area contributed by atoms with Gasteiger partial charge >= 0.3 is 0 Å². The number of aromatic nitrogens is 1. The summed E-state index contributed by atoms with van der Waals surface area (Å²) in [4.78, 5) is 4.46.